The van der Waals surface area contributed by atoms with Crippen molar-refractivity contribution >= 4 is 16.9 Å². The van der Waals surface area contributed by atoms with Crippen molar-refractivity contribution in [2.45, 2.75) is 40.2 Å². The van der Waals surface area contributed by atoms with E-state index in [1.807, 2.05) is 0 Å². The first-order chi connectivity index (χ1) is 10.5. The zero-order chi connectivity index (χ0) is 15.9. The molecule has 2 heterocycles. The Labute approximate surface area is 130 Å². The number of pyridine rings is 1. The summed E-state index contributed by atoms with van der Waals surface area (Å²) in [6.45, 7) is 9.04. The lowest BCUT2D eigenvalue weighted by molar-refractivity contribution is -0.136. The van der Waals surface area contributed by atoms with Crippen LogP contribution in [0.25, 0.3) is 10.9 Å². The van der Waals surface area contributed by atoms with Crippen molar-refractivity contribution in [3.05, 3.63) is 40.1 Å². The van der Waals surface area contributed by atoms with Gasteiger partial charge >= 0.3 is 5.97 Å². The molecule has 0 atom stereocenters. The quantitative estimate of drug-likeness (QED) is 0.946. The highest BCUT2D eigenvalue weighted by Gasteiger charge is 2.23. The standard InChI is InChI=1S/C18H22N2O2/c1-4-20-6-5-16-15(10-20)13(9-17(21)22)14-8-11(2)7-12(3)18(14)19-16/h7-8H,4-6,9-10H2,1-3H3,(H,21,22). The van der Waals surface area contributed by atoms with Gasteiger partial charge in [0, 0.05) is 30.6 Å². The zero-order valence-electron chi connectivity index (χ0n) is 13.4. The van der Waals surface area contributed by atoms with E-state index in [-0.39, 0.29) is 6.42 Å². The predicted octanol–water partition coefficient (Wildman–Crippen LogP) is 2.86. The van der Waals surface area contributed by atoms with E-state index >= 15 is 0 Å². The summed E-state index contributed by atoms with van der Waals surface area (Å²) >= 11 is 0. The average molecular weight is 298 g/mol. The average Bonchev–Trinajstić information content (AvgIpc) is 2.47. The van der Waals surface area contributed by atoms with Crippen LogP contribution in [0.4, 0.5) is 0 Å². The van der Waals surface area contributed by atoms with E-state index in [4.69, 9.17) is 4.98 Å². The molecular formula is C18H22N2O2. The Morgan fingerprint density at radius 2 is 2.14 bits per heavy atom. The van der Waals surface area contributed by atoms with Crippen LogP contribution < -0.4 is 0 Å². The van der Waals surface area contributed by atoms with Gasteiger partial charge in [0.2, 0.25) is 0 Å². The van der Waals surface area contributed by atoms with E-state index in [2.05, 4.69) is 37.8 Å². The fourth-order valence-electron chi connectivity index (χ4n) is 3.46. The highest BCUT2D eigenvalue weighted by molar-refractivity contribution is 5.90. The van der Waals surface area contributed by atoms with E-state index in [0.29, 0.717) is 0 Å². The third-order valence-electron chi connectivity index (χ3n) is 4.55. The lowest BCUT2D eigenvalue weighted by Gasteiger charge is -2.29. The maximum absolute atomic E-state index is 11.4. The number of likely N-dealkylation sites (N-methyl/N-ethyl adjacent to an activating group) is 1. The number of fused-ring (bicyclic) bond motifs is 2. The molecule has 1 aromatic heterocycles. The van der Waals surface area contributed by atoms with Crippen molar-refractivity contribution < 1.29 is 9.90 Å². The van der Waals surface area contributed by atoms with Crippen molar-refractivity contribution in [1.82, 2.24) is 9.88 Å². The topological polar surface area (TPSA) is 53.4 Å². The summed E-state index contributed by atoms with van der Waals surface area (Å²) in [7, 11) is 0. The number of aryl methyl sites for hydroxylation is 2. The van der Waals surface area contributed by atoms with Crippen LogP contribution in [0.5, 0.6) is 0 Å². The van der Waals surface area contributed by atoms with Gasteiger partial charge in [0.25, 0.3) is 0 Å². The molecule has 2 aromatic rings. The van der Waals surface area contributed by atoms with Gasteiger partial charge in [0.15, 0.2) is 0 Å². The van der Waals surface area contributed by atoms with Gasteiger partial charge in [-0.25, -0.2) is 0 Å². The predicted molar refractivity (Wildman–Crippen MR) is 87.2 cm³/mol. The van der Waals surface area contributed by atoms with Gasteiger partial charge in [-0.1, -0.05) is 18.6 Å². The molecule has 3 rings (SSSR count). The number of aromatic nitrogens is 1. The van der Waals surface area contributed by atoms with Gasteiger partial charge < -0.3 is 5.11 Å². The SMILES string of the molecule is CCN1CCc2nc3c(C)cc(C)cc3c(CC(=O)O)c2C1. The third kappa shape index (κ3) is 2.59. The number of carboxylic acid groups (broad SMARTS) is 1. The van der Waals surface area contributed by atoms with Gasteiger partial charge in [0.05, 0.1) is 11.9 Å². The minimum atomic E-state index is -0.775. The summed E-state index contributed by atoms with van der Waals surface area (Å²) in [5.74, 6) is -0.775. The number of benzene rings is 1. The van der Waals surface area contributed by atoms with Crippen LogP contribution in [-0.4, -0.2) is 34.0 Å². The second-order valence-corrected chi connectivity index (χ2v) is 6.18. The van der Waals surface area contributed by atoms with Crippen LogP contribution in [0, 0.1) is 13.8 Å². The highest BCUT2D eigenvalue weighted by Crippen LogP contribution is 2.30. The summed E-state index contributed by atoms with van der Waals surface area (Å²) in [4.78, 5) is 18.6. The number of aliphatic carboxylic acids is 1. The molecule has 0 spiro atoms. The van der Waals surface area contributed by atoms with Crippen molar-refractivity contribution in [2.24, 2.45) is 0 Å². The molecule has 1 aromatic carbocycles. The van der Waals surface area contributed by atoms with Crippen LogP contribution in [-0.2, 0) is 24.2 Å². The summed E-state index contributed by atoms with van der Waals surface area (Å²) in [6.07, 6.45) is 0.973. The van der Waals surface area contributed by atoms with Gasteiger partial charge in [-0.15, -0.1) is 0 Å². The first kappa shape index (κ1) is 15.0. The lowest BCUT2D eigenvalue weighted by atomic mass is 9.92. The molecule has 0 saturated heterocycles. The molecule has 0 saturated carbocycles. The second kappa shape index (κ2) is 5.69. The minimum absolute atomic E-state index is 0.0712. The molecule has 0 unspecified atom stereocenters. The van der Waals surface area contributed by atoms with Crippen LogP contribution in [0.15, 0.2) is 12.1 Å². The summed E-state index contributed by atoms with van der Waals surface area (Å²) in [5, 5.41) is 10.4. The number of nitrogens with zero attached hydrogens (tertiary/aromatic N) is 2. The number of rotatable bonds is 3. The lowest BCUT2D eigenvalue weighted by Crippen LogP contribution is -2.32. The molecule has 0 aliphatic carbocycles. The van der Waals surface area contributed by atoms with Crippen molar-refractivity contribution in [1.29, 1.82) is 0 Å². The van der Waals surface area contributed by atoms with Crippen LogP contribution in [0.3, 0.4) is 0 Å². The maximum Gasteiger partial charge on any atom is 0.307 e. The molecule has 4 nitrogen and oxygen atoms in total. The Morgan fingerprint density at radius 3 is 2.82 bits per heavy atom. The molecule has 22 heavy (non-hydrogen) atoms. The Kier molecular flexibility index (Phi) is 3.87. The van der Waals surface area contributed by atoms with Crippen LogP contribution >= 0.6 is 0 Å². The molecule has 0 radical (unpaired) electrons. The van der Waals surface area contributed by atoms with E-state index in [0.717, 1.165) is 64.9 Å². The molecular weight excluding hydrogens is 276 g/mol. The van der Waals surface area contributed by atoms with E-state index in [9.17, 15) is 9.90 Å². The summed E-state index contributed by atoms with van der Waals surface area (Å²) < 4.78 is 0. The smallest absolute Gasteiger partial charge is 0.307 e. The molecule has 1 aliphatic rings. The van der Waals surface area contributed by atoms with Gasteiger partial charge in [-0.3, -0.25) is 14.7 Å². The molecule has 1 aliphatic heterocycles. The Hall–Kier alpha value is -1.94. The molecule has 0 bridgehead atoms. The minimum Gasteiger partial charge on any atom is -0.481 e. The third-order valence-corrected chi connectivity index (χ3v) is 4.55. The first-order valence-corrected chi connectivity index (χ1v) is 7.85. The summed E-state index contributed by atoms with van der Waals surface area (Å²) in [6, 6.07) is 4.20. The van der Waals surface area contributed by atoms with E-state index in [1.165, 1.54) is 0 Å². The maximum atomic E-state index is 11.4. The number of carboxylic acids is 1. The fourth-order valence-corrected chi connectivity index (χ4v) is 3.46. The monoisotopic (exact) mass is 298 g/mol. The number of hydrogen-bond acceptors (Lipinski definition) is 3. The Bertz CT molecular complexity index is 753. The van der Waals surface area contributed by atoms with Crippen molar-refractivity contribution in [3.8, 4) is 0 Å². The second-order valence-electron chi connectivity index (χ2n) is 6.18. The van der Waals surface area contributed by atoms with Crippen molar-refractivity contribution in [2.75, 3.05) is 13.1 Å². The van der Waals surface area contributed by atoms with Gasteiger partial charge in [-0.05, 0) is 43.1 Å². The molecule has 0 amide bonds. The zero-order valence-corrected chi connectivity index (χ0v) is 13.4. The number of hydrogen-bond donors (Lipinski definition) is 1. The molecule has 116 valence electrons. The highest BCUT2D eigenvalue weighted by atomic mass is 16.4. The first-order valence-electron chi connectivity index (χ1n) is 7.85. The van der Waals surface area contributed by atoms with Crippen LogP contribution in [0.2, 0.25) is 0 Å². The molecule has 4 heteroatoms. The van der Waals surface area contributed by atoms with Gasteiger partial charge in [-0.2, -0.15) is 0 Å². The largest absolute Gasteiger partial charge is 0.481 e. The summed E-state index contributed by atoms with van der Waals surface area (Å²) in [5.41, 5.74) is 6.42. The normalized spacial score (nSPS) is 15.0. The number of carbonyl (C=O) groups is 1. The Balaban J connectivity index is 2.29. The molecule has 1 N–H and O–H groups in total. The van der Waals surface area contributed by atoms with Crippen molar-refractivity contribution in [3.63, 3.8) is 0 Å². The fraction of sp³-hybridized carbons (Fsp3) is 0.444. The Morgan fingerprint density at radius 1 is 1.36 bits per heavy atom. The van der Waals surface area contributed by atoms with E-state index < -0.39 is 5.97 Å². The van der Waals surface area contributed by atoms with Crippen LogP contribution in [0.1, 0.15) is 34.9 Å². The van der Waals surface area contributed by atoms with E-state index in [1.54, 1.807) is 0 Å². The van der Waals surface area contributed by atoms with Gasteiger partial charge in [0.1, 0.15) is 0 Å². The molecule has 0 fully saturated rings.